The molecule has 1 amide bonds. The molecule has 0 saturated carbocycles. The van der Waals surface area contributed by atoms with E-state index < -0.39 is 0 Å². The first-order valence-corrected chi connectivity index (χ1v) is 8.92. The van der Waals surface area contributed by atoms with Gasteiger partial charge >= 0.3 is 0 Å². The molecule has 2 heterocycles. The Kier molecular flexibility index (Phi) is 4.66. The Labute approximate surface area is 157 Å². The van der Waals surface area contributed by atoms with E-state index in [9.17, 15) is 9.59 Å². The van der Waals surface area contributed by atoms with E-state index >= 15 is 0 Å². The van der Waals surface area contributed by atoms with Crippen molar-refractivity contribution in [2.24, 2.45) is 0 Å². The Balaban J connectivity index is 1.56. The predicted molar refractivity (Wildman–Crippen MR) is 105 cm³/mol. The van der Waals surface area contributed by atoms with Crippen molar-refractivity contribution in [3.8, 4) is 5.69 Å². The summed E-state index contributed by atoms with van der Waals surface area (Å²) in [4.78, 5) is 26.8. The normalized spacial score (nSPS) is 13.9. The van der Waals surface area contributed by atoms with Crippen LogP contribution in [0.3, 0.4) is 0 Å². The summed E-state index contributed by atoms with van der Waals surface area (Å²) in [6, 6.07) is 22.2. The molecule has 2 aromatic carbocycles. The lowest BCUT2D eigenvalue weighted by molar-refractivity contribution is 0.0765. The van der Waals surface area contributed by atoms with Crippen molar-refractivity contribution in [3.05, 3.63) is 100 Å². The van der Waals surface area contributed by atoms with Crippen LogP contribution in [0.15, 0.2) is 83.7 Å². The number of aromatic nitrogens is 2. The average Bonchev–Trinajstić information content (AvgIpc) is 2.75. The summed E-state index contributed by atoms with van der Waals surface area (Å²) >= 11 is 0. The number of carbonyl (C=O) groups is 1. The van der Waals surface area contributed by atoms with E-state index in [1.807, 2.05) is 36.4 Å². The molecule has 3 aromatic rings. The molecule has 1 aliphatic rings. The van der Waals surface area contributed by atoms with Crippen molar-refractivity contribution >= 4 is 11.5 Å². The molecule has 0 aliphatic carbocycles. The second-order valence-electron chi connectivity index (χ2n) is 6.40. The first-order valence-electron chi connectivity index (χ1n) is 8.92. The van der Waals surface area contributed by atoms with Crippen LogP contribution in [0.25, 0.3) is 11.3 Å². The monoisotopic (exact) mass is 357 g/mol. The standard InChI is InChI=1S/C22H19N3O2/c26-21-12-11-20(23-25(21)19-9-5-2-6-10-19)22(27)24-15-13-18(14-16-24)17-7-3-1-4-8-17/h1-13H,14-16H2. The van der Waals surface area contributed by atoms with E-state index in [4.69, 9.17) is 0 Å². The van der Waals surface area contributed by atoms with Crippen LogP contribution in [-0.4, -0.2) is 33.7 Å². The van der Waals surface area contributed by atoms with Crippen molar-refractivity contribution in [1.82, 2.24) is 14.7 Å². The van der Waals surface area contributed by atoms with Crippen molar-refractivity contribution < 1.29 is 4.79 Å². The summed E-state index contributed by atoms with van der Waals surface area (Å²) in [5.74, 6) is -0.164. The highest BCUT2D eigenvalue weighted by atomic mass is 16.2. The Morgan fingerprint density at radius 2 is 1.59 bits per heavy atom. The number of carbonyl (C=O) groups excluding carboxylic acids is 1. The maximum atomic E-state index is 12.9. The summed E-state index contributed by atoms with van der Waals surface area (Å²) in [6.45, 7) is 1.17. The highest BCUT2D eigenvalue weighted by molar-refractivity contribution is 5.92. The zero-order valence-electron chi connectivity index (χ0n) is 14.8. The van der Waals surface area contributed by atoms with E-state index in [-0.39, 0.29) is 17.2 Å². The van der Waals surface area contributed by atoms with E-state index in [0.29, 0.717) is 18.8 Å². The van der Waals surface area contributed by atoms with E-state index in [0.717, 1.165) is 6.42 Å². The molecule has 5 nitrogen and oxygen atoms in total. The second kappa shape index (κ2) is 7.41. The Morgan fingerprint density at radius 3 is 2.26 bits per heavy atom. The van der Waals surface area contributed by atoms with Gasteiger partial charge in [0.1, 0.15) is 5.69 Å². The van der Waals surface area contributed by atoms with Gasteiger partial charge < -0.3 is 4.90 Å². The molecular formula is C22H19N3O2. The summed E-state index contributed by atoms with van der Waals surface area (Å²) in [7, 11) is 0. The maximum absolute atomic E-state index is 12.9. The van der Waals surface area contributed by atoms with Gasteiger partial charge in [0.25, 0.3) is 11.5 Å². The van der Waals surface area contributed by atoms with Crippen LogP contribution in [0, 0.1) is 0 Å². The zero-order valence-corrected chi connectivity index (χ0v) is 14.8. The summed E-state index contributed by atoms with van der Waals surface area (Å²) in [5.41, 5.74) is 3.10. The summed E-state index contributed by atoms with van der Waals surface area (Å²) in [6.07, 6.45) is 2.89. The van der Waals surface area contributed by atoms with Gasteiger partial charge in [0.05, 0.1) is 5.69 Å². The maximum Gasteiger partial charge on any atom is 0.274 e. The summed E-state index contributed by atoms with van der Waals surface area (Å²) < 4.78 is 1.27. The van der Waals surface area contributed by atoms with Gasteiger partial charge in [-0.1, -0.05) is 54.6 Å². The fraction of sp³-hybridized carbons (Fsp3) is 0.136. The molecule has 0 N–H and O–H groups in total. The third kappa shape index (κ3) is 3.58. The molecule has 1 aromatic heterocycles. The first-order chi connectivity index (χ1) is 13.2. The molecule has 134 valence electrons. The number of para-hydroxylation sites is 1. The average molecular weight is 357 g/mol. The molecule has 0 radical (unpaired) electrons. The van der Waals surface area contributed by atoms with Crippen LogP contribution in [0.5, 0.6) is 0 Å². The Bertz CT molecular complexity index is 1040. The number of hydrogen-bond acceptors (Lipinski definition) is 3. The molecule has 0 bridgehead atoms. The van der Waals surface area contributed by atoms with E-state index in [2.05, 4.69) is 23.3 Å². The van der Waals surface area contributed by atoms with Crippen molar-refractivity contribution in [1.29, 1.82) is 0 Å². The molecular weight excluding hydrogens is 338 g/mol. The number of nitrogens with zero attached hydrogens (tertiary/aromatic N) is 3. The van der Waals surface area contributed by atoms with Gasteiger partial charge in [0, 0.05) is 19.2 Å². The lowest BCUT2D eigenvalue weighted by Gasteiger charge is -2.26. The second-order valence-corrected chi connectivity index (χ2v) is 6.40. The van der Waals surface area contributed by atoms with E-state index in [1.165, 1.54) is 28.0 Å². The molecule has 1 aliphatic heterocycles. The number of hydrogen-bond donors (Lipinski definition) is 0. The third-order valence-corrected chi connectivity index (χ3v) is 4.66. The van der Waals surface area contributed by atoms with Crippen molar-refractivity contribution in [2.45, 2.75) is 6.42 Å². The van der Waals surface area contributed by atoms with Gasteiger partial charge in [0.15, 0.2) is 0 Å². The van der Waals surface area contributed by atoms with Gasteiger partial charge in [-0.2, -0.15) is 9.78 Å². The van der Waals surface area contributed by atoms with Gasteiger partial charge in [-0.25, -0.2) is 0 Å². The van der Waals surface area contributed by atoms with Crippen LogP contribution in [-0.2, 0) is 0 Å². The molecule has 0 saturated heterocycles. The molecule has 0 atom stereocenters. The summed E-state index contributed by atoms with van der Waals surface area (Å²) in [5, 5.41) is 4.29. The lowest BCUT2D eigenvalue weighted by atomic mass is 9.99. The molecule has 4 rings (SSSR count). The molecule has 0 unspecified atom stereocenters. The Morgan fingerprint density at radius 1 is 0.889 bits per heavy atom. The van der Waals surface area contributed by atoms with Crippen LogP contribution in [0.2, 0.25) is 0 Å². The van der Waals surface area contributed by atoms with E-state index in [1.54, 1.807) is 17.0 Å². The minimum Gasteiger partial charge on any atom is -0.333 e. The van der Waals surface area contributed by atoms with Crippen LogP contribution < -0.4 is 5.56 Å². The molecule has 5 heteroatoms. The molecule has 0 fully saturated rings. The predicted octanol–water partition coefficient (Wildman–Crippen LogP) is 3.16. The van der Waals surface area contributed by atoms with Gasteiger partial charge in [0.2, 0.25) is 0 Å². The third-order valence-electron chi connectivity index (χ3n) is 4.66. The van der Waals surface area contributed by atoms with Crippen LogP contribution >= 0.6 is 0 Å². The van der Waals surface area contributed by atoms with Gasteiger partial charge in [-0.3, -0.25) is 9.59 Å². The quantitative estimate of drug-likeness (QED) is 0.723. The zero-order chi connectivity index (χ0) is 18.6. The number of amides is 1. The van der Waals surface area contributed by atoms with Crippen molar-refractivity contribution in [3.63, 3.8) is 0 Å². The smallest absolute Gasteiger partial charge is 0.274 e. The van der Waals surface area contributed by atoms with Crippen molar-refractivity contribution in [2.75, 3.05) is 13.1 Å². The molecule has 0 spiro atoms. The number of benzene rings is 2. The first kappa shape index (κ1) is 17.0. The fourth-order valence-corrected chi connectivity index (χ4v) is 3.21. The minimum atomic E-state index is -0.261. The lowest BCUT2D eigenvalue weighted by Crippen LogP contribution is -2.36. The highest BCUT2D eigenvalue weighted by Crippen LogP contribution is 2.22. The Hall–Kier alpha value is -3.47. The van der Waals surface area contributed by atoms with Gasteiger partial charge in [-0.05, 0) is 35.8 Å². The minimum absolute atomic E-state index is 0.164. The molecule has 27 heavy (non-hydrogen) atoms. The van der Waals surface area contributed by atoms with Crippen LogP contribution in [0.4, 0.5) is 0 Å². The topological polar surface area (TPSA) is 55.2 Å². The number of rotatable bonds is 3. The fourth-order valence-electron chi connectivity index (χ4n) is 3.21. The SMILES string of the molecule is O=C(c1ccc(=O)n(-c2ccccc2)n1)N1CC=C(c2ccccc2)CC1. The largest absolute Gasteiger partial charge is 0.333 e. The van der Waals surface area contributed by atoms with Crippen LogP contribution in [0.1, 0.15) is 22.5 Å². The van der Waals surface area contributed by atoms with Gasteiger partial charge in [-0.15, -0.1) is 0 Å². The highest BCUT2D eigenvalue weighted by Gasteiger charge is 2.21.